The van der Waals surface area contributed by atoms with Crippen LogP contribution in [0.4, 0.5) is 11.4 Å². The van der Waals surface area contributed by atoms with E-state index >= 15 is 0 Å². The first-order chi connectivity index (χ1) is 13.5. The van der Waals surface area contributed by atoms with Crippen LogP contribution in [0.1, 0.15) is 6.92 Å². The second kappa shape index (κ2) is 9.17. The van der Waals surface area contributed by atoms with E-state index in [1.54, 1.807) is 32.4 Å². The highest BCUT2D eigenvalue weighted by molar-refractivity contribution is 6.31. The molecule has 0 aromatic heterocycles. The molecule has 3 rings (SSSR count). The van der Waals surface area contributed by atoms with E-state index in [1.165, 1.54) is 0 Å². The van der Waals surface area contributed by atoms with Gasteiger partial charge in [-0.15, -0.1) is 0 Å². The van der Waals surface area contributed by atoms with Gasteiger partial charge in [0.15, 0.2) is 0 Å². The van der Waals surface area contributed by atoms with Gasteiger partial charge in [-0.2, -0.15) is 0 Å². The molecule has 28 heavy (non-hydrogen) atoms. The molecule has 1 unspecified atom stereocenters. The fraction of sp³-hybridized carbons (Fsp3) is 0.381. The van der Waals surface area contributed by atoms with E-state index in [0.717, 1.165) is 37.6 Å². The number of carbonyl (C=O) groups is 1. The largest absolute Gasteiger partial charge is 0.497 e. The van der Waals surface area contributed by atoms with Crippen molar-refractivity contribution >= 4 is 28.9 Å². The number of amides is 1. The van der Waals surface area contributed by atoms with E-state index in [1.807, 2.05) is 25.1 Å². The maximum Gasteiger partial charge on any atom is 0.241 e. The number of nitrogens with zero attached hydrogens (tertiary/aromatic N) is 2. The summed E-state index contributed by atoms with van der Waals surface area (Å²) in [5.41, 5.74) is 1.72. The molecular weight excluding hydrogens is 378 g/mol. The van der Waals surface area contributed by atoms with Crippen LogP contribution in [0.3, 0.4) is 0 Å². The van der Waals surface area contributed by atoms with E-state index in [9.17, 15) is 4.79 Å². The summed E-state index contributed by atoms with van der Waals surface area (Å²) in [4.78, 5) is 17.2. The van der Waals surface area contributed by atoms with Crippen molar-refractivity contribution in [3.63, 3.8) is 0 Å². The highest BCUT2D eigenvalue weighted by Crippen LogP contribution is 2.28. The molecule has 0 bridgehead atoms. The predicted molar refractivity (Wildman–Crippen MR) is 113 cm³/mol. The maximum absolute atomic E-state index is 12.7. The lowest BCUT2D eigenvalue weighted by Crippen LogP contribution is -2.52. The molecule has 0 saturated carbocycles. The van der Waals surface area contributed by atoms with Crippen molar-refractivity contribution in [2.24, 2.45) is 0 Å². The van der Waals surface area contributed by atoms with Crippen LogP contribution in [0.15, 0.2) is 42.5 Å². The Bertz CT molecular complexity index is 822. The molecule has 6 nitrogen and oxygen atoms in total. The molecule has 2 aromatic rings. The minimum atomic E-state index is -0.254. The van der Waals surface area contributed by atoms with Crippen molar-refractivity contribution in [3.05, 3.63) is 47.5 Å². The van der Waals surface area contributed by atoms with Gasteiger partial charge in [0.25, 0.3) is 0 Å². The number of piperazine rings is 1. The number of methoxy groups -OCH3 is 2. The van der Waals surface area contributed by atoms with Gasteiger partial charge in [0.05, 0.1) is 25.9 Å². The number of ether oxygens (including phenoxy) is 2. The quantitative estimate of drug-likeness (QED) is 0.799. The number of hydrogen-bond acceptors (Lipinski definition) is 5. The first-order valence-corrected chi connectivity index (χ1v) is 9.67. The average molecular weight is 404 g/mol. The molecule has 1 fully saturated rings. The molecule has 1 saturated heterocycles. The Morgan fingerprint density at radius 2 is 1.82 bits per heavy atom. The molecule has 1 N–H and O–H groups in total. The van der Waals surface area contributed by atoms with Crippen LogP contribution >= 0.6 is 11.6 Å². The van der Waals surface area contributed by atoms with Gasteiger partial charge in [-0.3, -0.25) is 9.69 Å². The van der Waals surface area contributed by atoms with Crippen molar-refractivity contribution in [2.75, 3.05) is 50.6 Å². The summed E-state index contributed by atoms with van der Waals surface area (Å²) in [5, 5.41) is 3.49. The van der Waals surface area contributed by atoms with Gasteiger partial charge < -0.3 is 19.7 Å². The second-order valence-corrected chi connectivity index (χ2v) is 7.17. The third-order valence-electron chi connectivity index (χ3n) is 5.08. The summed E-state index contributed by atoms with van der Waals surface area (Å²) < 4.78 is 10.6. The summed E-state index contributed by atoms with van der Waals surface area (Å²) in [7, 11) is 3.24. The van der Waals surface area contributed by atoms with Gasteiger partial charge in [0.1, 0.15) is 11.5 Å². The van der Waals surface area contributed by atoms with E-state index in [-0.39, 0.29) is 11.9 Å². The Balaban J connectivity index is 1.59. The van der Waals surface area contributed by atoms with Crippen LogP contribution in [0, 0.1) is 0 Å². The lowest BCUT2D eigenvalue weighted by atomic mass is 10.2. The number of rotatable bonds is 6. The van der Waals surface area contributed by atoms with Gasteiger partial charge in [-0.05, 0) is 37.3 Å². The Hall–Kier alpha value is -2.44. The molecule has 1 aliphatic rings. The third kappa shape index (κ3) is 4.69. The summed E-state index contributed by atoms with van der Waals surface area (Å²) >= 11 is 6.05. The van der Waals surface area contributed by atoms with Crippen molar-refractivity contribution < 1.29 is 14.3 Å². The Morgan fingerprint density at radius 1 is 1.07 bits per heavy atom. The Morgan fingerprint density at radius 3 is 2.50 bits per heavy atom. The van der Waals surface area contributed by atoms with Crippen LogP contribution < -0.4 is 19.7 Å². The van der Waals surface area contributed by atoms with Crippen molar-refractivity contribution in [2.45, 2.75) is 13.0 Å². The second-order valence-electron chi connectivity index (χ2n) is 6.73. The molecule has 1 amide bonds. The summed E-state index contributed by atoms with van der Waals surface area (Å²) in [6.45, 7) is 5.24. The van der Waals surface area contributed by atoms with Crippen LogP contribution in [-0.2, 0) is 4.79 Å². The SMILES string of the molecule is COc1cccc(N2CCN(C(C)C(=O)Nc3cc(Cl)ccc3OC)CC2)c1. The van der Waals surface area contributed by atoms with E-state index < -0.39 is 0 Å². The fourth-order valence-corrected chi connectivity index (χ4v) is 3.53. The van der Waals surface area contributed by atoms with Crippen molar-refractivity contribution in [1.82, 2.24) is 4.90 Å². The highest BCUT2D eigenvalue weighted by Gasteiger charge is 2.26. The molecule has 0 radical (unpaired) electrons. The molecule has 1 atom stereocenters. The van der Waals surface area contributed by atoms with Gasteiger partial charge in [0, 0.05) is 43.0 Å². The lowest BCUT2D eigenvalue weighted by Gasteiger charge is -2.38. The summed E-state index contributed by atoms with van der Waals surface area (Å²) in [6.07, 6.45) is 0. The van der Waals surface area contributed by atoms with E-state index in [0.29, 0.717) is 16.5 Å². The zero-order valence-electron chi connectivity index (χ0n) is 16.4. The fourth-order valence-electron chi connectivity index (χ4n) is 3.36. The molecular formula is C21H26ClN3O3. The van der Waals surface area contributed by atoms with Crippen LogP contribution in [0.2, 0.25) is 5.02 Å². The molecule has 1 heterocycles. The van der Waals surface area contributed by atoms with Gasteiger partial charge in [0.2, 0.25) is 5.91 Å². The molecule has 150 valence electrons. The minimum absolute atomic E-state index is 0.0737. The number of anilines is 2. The zero-order valence-corrected chi connectivity index (χ0v) is 17.2. The van der Waals surface area contributed by atoms with Gasteiger partial charge in [-0.1, -0.05) is 17.7 Å². The normalized spacial score (nSPS) is 15.8. The first-order valence-electron chi connectivity index (χ1n) is 9.29. The molecule has 7 heteroatoms. The standard InChI is InChI=1S/C21H26ClN3O3/c1-15(21(26)23-19-13-16(22)7-8-20(19)28-3)24-9-11-25(12-10-24)17-5-4-6-18(14-17)27-2/h4-8,13-15H,9-12H2,1-3H3,(H,23,26). The van der Waals surface area contributed by atoms with Crippen LogP contribution in [0.25, 0.3) is 0 Å². The average Bonchev–Trinajstić information content (AvgIpc) is 2.73. The molecule has 1 aliphatic heterocycles. The van der Waals surface area contributed by atoms with Gasteiger partial charge in [-0.25, -0.2) is 0 Å². The molecule has 0 aliphatic carbocycles. The molecule has 0 spiro atoms. The first kappa shape index (κ1) is 20.3. The monoisotopic (exact) mass is 403 g/mol. The zero-order chi connectivity index (χ0) is 20.1. The topological polar surface area (TPSA) is 54.0 Å². The van der Waals surface area contributed by atoms with E-state index in [4.69, 9.17) is 21.1 Å². The Kier molecular flexibility index (Phi) is 6.65. The summed E-state index contributed by atoms with van der Waals surface area (Å²) in [5.74, 6) is 1.37. The minimum Gasteiger partial charge on any atom is -0.497 e. The predicted octanol–water partition coefficient (Wildman–Crippen LogP) is 3.51. The van der Waals surface area contributed by atoms with Crippen molar-refractivity contribution in [1.29, 1.82) is 0 Å². The summed E-state index contributed by atoms with van der Waals surface area (Å²) in [6, 6.07) is 13.0. The number of nitrogens with one attached hydrogen (secondary N) is 1. The lowest BCUT2D eigenvalue weighted by molar-refractivity contribution is -0.120. The molecule has 2 aromatic carbocycles. The van der Waals surface area contributed by atoms with Crippen LogP contribution in [0.5, 0.6) is 11.5 Å². The third-order valence-corrected chi connectivity index (χ3v) is 5.31. The maximum atomic E-state index is 12.7. The van der Waals surface area contributed by atoms with Gasteiger partial charge >= 0.3 is 0 Å². The van der Waals surface area contributed by atoms with Crippen molar-refractivity contribution in [3.8, 4) is 11.5 Å². The Labute approximate surface area is 171 Å². The van der Waals surface area contributed by atoms with Crippen LogP contribution in [-0.4, -0.2) is 57.2 Å². The number of carbonyl (C=O) groups excluding carboxylic acids is 1. The number of benzene rings is 2. The highest BCUT2D eigenvalue weighted by atomic mass is 35.5. The smallest absolute Gasteiger partial charge is 0.241 e. The van der Waals surface area contributed by atoms with E-state index in [2.05, 4.69) is 21.2 Å². The number of hydrogen-bond donors (Lipinski definition) is 1. The number of halogens is 1.